The van der Waals surface area contributed by atoms with E-state index in [0.29, 0.717) is 12.1 Å². The molecule has 0 saturated carbocycles. The molecule has 1 aromatic rings. The molecule has 0 bridgehead atoms. The number of halogens is 3. The van der Waals surface area contributed by atoms with E-state index < -0.39 is 29.3 Å². The van der Waals surface area contributed by atoms with Crippen LogP contribution in [0, 0.1) is 23.4 Å². The van der Waals surface area contributed by atoms with Crippen molar-refractivity contribution in [1.82, 2.24) is 4.90 Å². The Labute approximate surface area is 114 Å². The highest BCUT2D eigenvalue weighted by molar-refractivity contribution is 5.96. The first-order valence-electron chi connectivity index (χ1n) is 5.94. The van der Waals surface area contributed by atoms with Gasteiger partial charge in [0.1, 0.15) is 0 Å². The SMILES string of the molecule is CC(C)CN(CC(N)=O)C(=O)c1cc(F)c(F)c(F)c1. The van der Waals surface area contributed by atoms with Gasteiger partial charge in [0.2, 0.25) is 5.91 Å². The van der Waals surface area contributed by atoms with E-state index in [1.165, 1.54) is 0 Å². The minimum absolute atomic E-state index is 0.0217. The topological polar surface area (TPSA) is 63.4 Å². The van der Waals surface area contributed by atoms with Crippen LogP contribution in [0.3, 0.4) is 0 Å². The van der Waals surface area contributed by atoms with Crippen molar-refractivity contribution in [3.63, 3.8) is 0 Å². The smallest absolute Gasteiger partial charge is 0.254 e. The van der Waals surface area contributed by atoms with Gasteiger partial charge in [0.05, 0.1) is 6.54 Å². The highest BCUT2D eigenvalue weighted by atomic mass is 19.2. The molecule has 0 aliphatic heterocycles. The van der Waals surface area contributed by atoms with Crippen LogP contribution in [-0.2, 0) is 4.79 Å². The van der Waals surface area contributed by atoms with Crippen molar-refractivity contribution in [3.05, 3.63) is 35.1 Å². The molecular formula is C13H15F3N2O2. The molecule has 0 aliphatic carbocycles. The summed E-state index contributed by atoms with van der Waals surface area (Å²) in [6.45, 7) is 3.40. The minimum atomic E-state index is -1.65. The van der Waals surface area contributed by atoms with Gasteiger partial charge in [-0.25, -0.2) is 13.2 Å². The molecule has 7 heteroatoms. The molecule has 20 heavy (non-hydrogen) atoms. The van der Waals surface area contributed by atoms with E-state index in [0.717, 1.165) is 4.90 Å². The van der Waals surface area contributed by atoms with Crippen molar-refractivity contribution in [2.45, 2.75) is 13.8 Å². The predicted molar refractivity (Wildman–Crippen MR) is 66.3 cm³/mol. The quantitative estimate of drug-likeness (QED) is 0.838. The van der Waals surface area contributed by atoms with Gasteiger partial charge in [-0.2, -0.15) is 0 Å². The summed E-state index contributed by atoms with van der Waals surface area (Å²) in [4.78, 5) is 24.1. The number of primary amides is 1. The number of hydrogen-bond acceptors (Lipinski definition) is 2. The van der Waals surface area contributed by atoms with Crippen LogP contribution in [-0.4, -0.2) is 29.8 Å². The zero-order valence-electron chi connectivity index (χ0n) is 11.1. The van der Waals surface area contributed by atoms with Gasteiger partial charge < -0.3 is 10.6 Å². The second-order valence-electron chi connectivity index (χ2n) is 4.80. The maximum Gasteiger partial charge on any atom is 0.254 e. The van der Waals surface area contributed by atoms with Crippen molar-refractivity contribution < 1.29 is 22.8 Å². The molecule has 0 heterocycles. The van der Waals surface area contributed by atoms with Crippen molar-refractivity contribution in [2.24, 2.45) is 11.7 Å². The highest BCUT2D eigenvalue weighted by Crippen LogP contribution is 2.16. The van der Waals surface area contributed by atoms with Gasteiger partial charge in [0.25, 0.3) is 5.91 Å². The maximum atomic E-state index is 13.1. The lowest BCUT2D eigenvalue weighted by Crippen LogP contribution is -2.40. The average molecular weight is 288 g/mol. The Morgan fingerprint density at radius 1 is 1.20 bits per heavy atom. The maximum absolute atomic E-state index is 13.1. The molecule has 110 valence electrons. The number of benzene rings is 1. The third-order valence-electron chi connectivity index (χ3n) is 2.45. The van der Waals surface area contributed by atoms with Gasteiger partial charge in [0.15, 0.2) is 17.5 Å². The summed E-state index contributed by atoms with van der Waals surface area (Å²) in [5.41, 5.74) is 4.66. The normalized spacial score (nSPS) is 10.7. The Kier molecular flexibility index (Phi) is 5.12. The Bertz CT molecular complexity index is 509. The zero-order valence-corrected chi connectivity index (χ0v) is 11.1. The lowest BCUT2D eigenvalue weighted by molar-refractivity contribution is -0.118. The van der Waals surface area contributed by atoms with Crippen LogP contribution < -0.4 is 5.73 Å². The molecule has 0 unspecified atom stereocenters. The molecule has 2 N–H and O–H groups in total. The standard InChI is InChI=1S/C13H15F3N2O2/c1-7(2)5-18(6-11(17)19)13(20)8-3-9(14)12(16)10(15)4-8/h3-4,7H,5-6H2,1-2H3,(H2,17,19). The number of carbonyl (C=O) groups is 2. The van der Waals surface area contributed by atoms with E-state index in [2.05, 4.69) is 0 Å². The first kappa shape index (κ1) is 16.0. The molecule has 0 aromatic heterocycles. The highest BCUT2D eigenvalue weighted by Gasteiger charge is 2.22. The van der Waals surface area contributed by atoms with Gasteiger partial charge in [0, 0.05) is 12.1 Å². The van der Waals surface area contributed by atoms with Gasteiger partial charge in [-0.1, -0.05) is 13.8 Å². The Hall–Kier alpha value is -2.05. The number of amides is 2. The predicted octanol–water partition coefficient (Wildman–Crippen LogP) is 1.69. The third-order valence-corrected chi connectivity index (χ3v) is 2.45. The number of nitrogens with zero attached hydrogens (tertiary/aromatic N) is 1. The monoisotopic (exact) mass is 288 g/mol. The zero-order chi connectivity index (χ0) is 15.4. The molecule has 4 nitrogen and oxygen atoms in total. The molecule has 1 rings (SSSR count). The molecule has 0 saturated heterocycles. The summed E-state index contributed by atoms with van der Waals surface area (Å²) in [7, 11) is 0. The lowest BCUT2D eigenvalue weighted by Gasteiger charge is -2.23. The summed E-state index contributed by atoms with van der Waals surface area (Å²) in [5.74, 6) is -6.08. The summed E-state index contributed by atoms with van der Waals surface area (Å²) in [5, 5.41) is 0. The number of carbonyl (C=O) groups excluding carboxylic acids is 2. The van der Waals surface area contributed by atoms with E-state index in [1.54, 1.807) is 13.8 Å². The van der Waals surface area contributed by atoms with Crippen LogP contribution in [0.25, 0.3) is 0 Å². The molecule has 0 aliphatic rings. The van der Waals surface area contributed by atoms with E-state index in [-0.39, 0.29) is 24.6 Å². The van der Waals surface area contributed by atoms with Crippen molar-refractivity contribution in [2.75, 3.05) is 13.1 Å². The van der Waals surface area contributed by atoms with Crippen LogP contribution in [0.5, 0.6) is 0 Å². The average Bonchev–Trinajstić information content (AvgIpc) is 2.32. The van der Waals surface area contributed by atoms with Crippen molar-refractivity contribution >= 4 is 11.8 Å². The fourth-order valence-corrected chi connectivity index (χ4v) is 1.71. The van der Waals surface area contributed by atoms with Gasteiger partial charge in [-0.3, -0.25) is 9.59 Å². The van der Waals surface area contributed by atoms with Gasteiger partial charge in [-0.15, -0.1) is 0 Å². The molecule has 1 aromatic carbocycles. The fourth-order valence-electron chi connectivity index (χ4n) is 1.71. The summed E-state index contributed by atoms with van der Waals surface area (Å²) >= 11 is 0. The first-order chi connectivity index (χ1) is 9.22. The molecular weight excluding hydrogens is 273 g/mol. The number of hydrogen-bond donors (Lipinski definition) is 1. The Morgan fingerprint density at radius 3 is 2.10 bits per heavy atom. The van der Waals surface area contributed by atoms with Crippen LogP contribution in [0.15, 0.2) is 12.1 Å². The second kappa shape index (κ2) is 6.40. The van der Waals surface area contributed by atoms with Crippen molar-refractivity contribution in [1.29, 1.82) is 0 Å². The van der Waals surface area contributed by atoms with E-state index in [4.69, 9.17) is 5.73 Å². The van der Waals surface area contributed by atoms with E-state index in [1.807, 2.05) is 0 Å². The lowest BCUT2D eigenvalue weighted by atomic mass is 10.1. The van der Waals surface area contributed by atoms with Crippen LogP contribution >= 0.6 is 0 Å². The van der Waals surface area contributed by atoms with E-state index in [9.17, 15) is 22.8 Å². The Balaban J connectivity index is 3.08. The number of rotatable bonds is 5. The minimum Gasteiger partial charge on any atom is -0.368 e. The summed E-state index contributed by atoms with van der Waals surface area (Å²) < 4.78 is 39.1. The molecule has 0 atom stereocenters. The summed E-state index contributed by atoms with van der Waals surface area (Å²) in [6.07, 6.45) is 0. The van der Waals surface area contributed by atoms with Crippen LogP contribution in [0.1, 0.15) is 24.2 Å². The summed E-state index contributed by atoms with van der Waals surface area (Å²) in [6, 6.07) is 1.18. The van der Waals surface area contributed by atoms with Gasteiger partial charge in [-0.05, 0) is 18.1 Å². The van der Waals surface area contributed by atoms with Crippen LogP contribution in [0.4, 0.5) is 13.2 Å². The number of nitrogens with two attached hydrogens (primary N) is 1. The van der Waals surface area contributed by atoms with E-state index >= 15 is 0 Å². The fraction of sp³-hybridized carbons (Fsp3) is 0.385. The van der Waals surface area contributed by atoms with Crippen LogP contribution in [0.2, 0.25) is 0 Å². The second-order valence-corrected chi connectivity index (χ2v) is 4.80. The van der Waals surface area contributed by atoms with Gasteiger partial charge >= 0.3 is 0 Å². The first-order valence-corrected chi connectivity index (χ1v) is 5.94. The molecule has 0 radical (unpaired) electrons. The third kappa shape index (κ3) is 3.97. The molecule has 0 spiro atoms. The molecule has 0 fully saturated rings. The largest absolute Gasteiger partial charge is 0.368 e. The van der Waals surface area contributed by atoms with Crippen molar-refractivity contribution in [3.8, 4) is 0 Å². The molecule has 2 amide bonds. The Morgan fingerprint density at radius 2 is 1.70 bits per heavy atom.